The van der Waals surface area contributed by atoms with Crippen molar-refractivity contribution in [3.63, 3.8) is 0 Å². The Morgan fingerprint density at radius 1 is 1.11 bits per heavy atom. The molecule has 19 heavy (non-hydrogen) atoms. The van der Waals surface area contributed by atoms with Crippen LogP contribution < -0.4 is 5.73 Å². The Morgan fingerprint density at radius 3 is 2.37 bits per heavy atom. The molecule has 2 rings (SSSR count). The number of hydrogen-bond acceptors (Lipinski definition) is 3. The van der Waals surface area contributed by atoms with E-state index in [1.165, 1.54) is 12.1 Å². The number of primary amides is 1. The van der Waals surface area contributed by atoms with Gasteiger partial charge in [-0.15, -0.1) is 5.10 Å². The maximum Gasteiger partial charge on any atom is 0.231 e. The standard InChI is InChI=1S/C12H8Cl3N3O/c13-6-1-2-7(8(14)5-6)11(12(16)19)9-3-4-10(15)18-17-9/h1-5,11H,(H2,16,19)/t11-/m1/s1. The quantitative estimate of drug-likeness (QED) is 0.946. The van der Waals surface area contributed by atoms with Gasteiger partial charge in [-0.2, -0.15) is 5.10 Å². The summed E-state index contributed by atoms with van der Waals surface area (Å²) < 4.78 is 0. The van der Waals surface area contributed by atoms with Crippen molar-refractivity contribution in [2.45, 2.75) is 5.92 Å². The van der Waals surface area contributed by atoms with Gasteiger partial charge in [0.15, 0.2) is 5.15 Å². The molecule has 1 aromatic carbocycles. The van der Waals surface area contributed by atoms with E-state index in [-0.39, 0.29) is 5.15 Å². The maximum absolute atomic E-state index is 11.7. The highest BCUT2D eigenvalue weighted by molar-refractivity contribution is 6.35. The zero-order chi connectivity index (χ0) is 14.0. The van der Waals surface area contributed by atoms with E-state index in [1.807, 2.05) is 0 Å². The van der Waals surface area contributed by atoms with Crippen molar-refractivity contribution in [2.75, 3.05) is 0 Å². The van der Waals surface area contributed by atoms with Gasteiger partial charge < -0.3 is 5.73 Å². The average molecular weight is 317 g/mol. The predicted molar refractivity (Wildman–Crippen MR) is 74.5 cm³/mol. The first-order valence-electron chi connectivity index (χ1n) is 5.22. The first kappa shape index (κ1) is 14.1. The molecule has 7 heteroatoms. The molecule has 0 fully saturated rings. The van der Waals surface area contributed by atoms with Crippen LogP contribution in [-0.2, 0) is 4.79 Å². The molecular weight excluding hydrogens is 309 g/mol. The summed E-state index contributed by atoms with van der Waals surface area (Å²) >= 11 is 17.6. The Labute approximate surface area is 124 Å². The monoisotopic (exact) mass is 315 g/mol. The summed E-state index contributed by atoms with van der Waals surface area (Å²) in [6, 6.07) is 7.91. The summed E-state index contributed by atoms with van der Waals surface area (Å²) in [5.74, 6) is -1.38. The lowest BCUT2D eigenvalue weighted by atomic mass is 9.95. The average Bonchev–Trinajstić information content (AvgIpc) is 2.34. The molecule has 4 nitrogen and oxygen atoms in total. The van der Waals surface area contributed by atoms with Gasteiger partial charge in [-0.3, -0.25) is 4.79 Å². The Morgan fingerprint density at radius 2 is 1.84 bits per heavy atom. The number of halogens is 3. The van der Waals surface area contributed by atoms with E-state index < -0.39 is 11.8 Å². The van der Waals surface area contributed by atoms with Crippen molar-refractivity contribution in [1.82, 2.24) is 10.2 Å². The van der Waals surface area contributed by atoms with Crippen LogP contribution in [-0.4, -0.2) is 16.1 Å². The van der Waals surface area contributed by atoms with Crippen molar-refractivity contribution in [3.05, 3.63) is 56.8 Å². The van der Waals surface area contributed by atoms with Crippen molar-refractivity contribution >= 4 is 40.7 Å². The van der Waals surface area contributed by atoms with Crippen LogP contribution in [0, 0.1) is 0 Å². The molecular formula is C12H8Cl3N3O. The van der Waals surface area contributed by atoms with Crippen LogP contribution >= 0.6 is 34.8 Å². The van der Waals surface area contributed by atoms with Crippen molar-refractivity contribution < 1.29 is 4.79 Å². The van der Waals surface area contributed by atoms with Gasteiger partial charge in [-0.05, 0) is 29.8 Å². The van der Waals surface area contributed by atoms with E-state index in [4.69, 9.17) is 40.5 Å². The number of amides is 1. The third-order valence-corrected chi connectivity index (χ3v) is 3.27. The number of rotatable bonds is 3. The van der Waals surface area contributed by atoms with Crippen molar-refractivity contribution in [2.24, 2.45) is 5.73 Å². The fourth-order valence-electron chi connectivity index (χ4n) is 1.67. The van der Waals surface area contributed by atoms with Crippen LogP contribution in [0.4, 0.5) is 0 Å². The highest BCUT2D eigenvalue weighted by Crippen LogP contribution is 2.31. The molecule has 1 aromatic heterocycles. The SMILES string of the molecule is NC(=O)[C@@H](c1ccc(Cl)nn1)c1ccc(Cl)cc1Cl. The van der Waals surface area contributed by atoms with E-state index in [9.17, 15) is 4.79 Å². The molecule has 0 spiro atoms. The molecule has 1 atom stereocenters. The predicted octanol–water partition coefficient (Wildman–Crippen LogP) is 3.05. The van der Waals surface area contributed by atoms with Gasteiger partial charge in [0.25, 0.3) is 0 Å². The lowest BCUT2D eigenvalue weighted by Crippen LogP contribution is -2.23. The minimum Gasteiger partial charge on any atom is -0.369 e. The van der Waals surface area contributed by atoms with Crippen LogP contribution in [0.2, 0.25) is 15.2 Å². The number of carbonyl (C=O) groups is 1. The number of benzene rings is 1. The van der Waals surface area contributed by atoms with Crippen LogP contribution in [0.3, 0.4) is 0 Å². The molecule has 2 aromatic rings. The van der Waals surface area contributed by atoms with Gasteiger partial charge >= 0.3 is 0 Å². The van der Waals surface area contributed by atoms with Gasteiger partial charge in [0.2, 0.25) is 5.91 Å². The molecule has 1 heterocycles. The lowest BCUT2D eigenvalue weighted by Gasteiger charge is -2.14. The fraction of sp³-hybridized carbons (Fsp3) is 0.0833. The molecule has 0 radical (unpaired) electrons. The van der Waals surface area contributed by atoms with E-state index in [0.29, 0.717) is 21.3 Å². The number of carbonyl (C=O) groups excluding carboxylic acids is 1. The van der Waals surface area contributed by atoms with E-state index in [2.05, 4.69) is 10.2 Å². The molecule has 0 aliphatic heterocycles. The van der Waals surface area contributed by atoms with Gasteiger partial charge in [0.05, 0.1) is 5.69 Å². The van der Waals surface area contributed by atoms with Crippen LogP contribution in [0.15, 0.2) is 30.3 Å². The molecule has 0 saturated heterocycles. The highest BCUT2D eigenvalue weighted by atomic mass is 35.5. The van der Waals surface area contributed by atoms with E-state index in [0.717, 1.165) is 0 Å². The van der Waals surface area contributed by atoms with Crippen molar-refractivity contribution in [3.8, 4) is 0 Å². The lowest BCUT2D eigenvalue weighted by molar-refractivity contribution is -0.118. The summed E-state index contributed by atoms with van der Waals surface area (Å²) in [6.45, 7) is 0. The molecule has 0 bridgehead atoms. The maximum atomic E-state index is 11.7. The molecule has 0 unspecified atom stereocenters. The third kappa shape index (κ3) is 3.15. The molecule has 0 saturated carbocycles. The molecule has 98 valence electrons. The third-order valence-electron chi connectivity index (χ3n) is 2.51. The Bertz CT molecular complexity index is 616. The topological polar surface area (TPSA) is 68.9 Å². The smallest absolute Gasteiger partial charge is 0.231 e. The summed E-state index contributed by atoms with van der Waals surface area (Å²) in [5, 5.41) is 8.60. The second kappa shape index (κ2) is 5.74. The summed E-state index contributed by atoms with van der Waals surface area (Å²) in [6.07, 6.45) is 0. The molecule has 0 aliphatic carbocycles. The Hall–Kier alpha value is -1.36. The zero-order valence-electron chi connectivity index (χ0n) is 9.48. The zero-order valence-corrected chi connectivity index (χ0v) is 11.7. The summed E-state index contributed by atoms with van der Waals surface area (Å²) in [5.41, 5.74) is 6.31. The fourth-order valence-corrected chi connectivity index (χ4v) is 2.29. The van der Waals surface area contributed by atoms with Crippen molar-refractivity contribution in [1.29, 1.82) is 0 Å². The van der Waals surface area contributed by atoms with Gasteiger partial charge in [-0.1, -0.05) is 40.9 Å². The molecule has 1 amide bonds. The van der Waals surface area contributed by atoms with Gasteiger partial charge in [0, 0.05) is 10.0 Å². The van der Waals surface area contributed by atoms with Crippen LogP contribution in [0.5, 0.6) is 0 Å². The minimum atomic E-state index is -0.797. The largest absolute Gasteiger partial charge is 0.369 e. The van der Waals surface area contributed by atoms with Crippen LogP contribution in [0.25, 0.3) is 0 Å². The second-order valence-corrected chi connectivity index (χ2v) is 5.01. The summed E-state index contributed by atoms with van der Waals surface area (Å²) in [4.78, 5) is 11.7. The number of aromatic nitrogens is 2. The van der Waals surface area contributed by atoms with E-state index >= 15 is 0 Å². The minimum absolute atomic E-state index is 0.231. The summed E-state index contributed by atoms with van der Waals surface area (Å²) in [7, 11) is 0. The number of nitrogens with two attached hydrogens (primary N) is 1. The Kier molecular flexibility index (Phi) is 4.24. The Balaban J connectivity index is 2.51. The van der Waals surface area contributed by atoms with Gasteiger partial charge in [-0.25, -0.2) is 0 Å². The molecule has 0 aliphatic rings. The van der Waals surface area contributed by atoms with Crippen LogP contribution in [0.1, 0.15) is 17.2 Å². The second-order valence-electron chi connectivity index (χ2n) is 3.78. The normalized spacial score (nSPS) is 12.2. The first-order valence-corrected chi connectivity index (χ1v) is 6.36. The number of nitrogens with zero attached hydrogens (tertiary/aromatic N) is 2. The van der Waals surface area contributed by atoms with E-state index in [1.54, 1.807) is 18.2 Å². The first-order chi connectivity index (χ1) is 8.99. The highest BCUT2D eigenvalue weighted by Gasteiger charge is 2.24. The molecule has 2 N–H and O–H groups in total. The van der Waals surface area contributed by atoms with Gasteiger partial charge in [0.1, 0.15) is 5.92 Å². The number of hydrogen-bond donors (Lipinski definition) is 1.